The van der Waals surface area contributed by atoms with E-state index < -0.39 is 5.69 Å². The Hall–Kier alpha value is -3.02. The van der Waals surface area contributed by atoms with Gasteiger partial charge in [-0.1, -0.05) is 13.0 Å². The van der Waals surface area contributed by atoms with Gasteiger partial charge in [0.15, 0.2) is 0 Å². The normalized spacial score (nSPS) is 17.7. The lowest BCUT2D eigenvalue weighted by Gasteiger charge is -2.29. The average Bonchev–Trinajstić information content (AvgIpc) is 3.24. The van der Waals surface area contributed by atoms with E-state index in [1.165, 1.54) is 17.4 Å². The molecule has 214 valence electrons. The number of ether oxygens (including phenoxy) is 1. The molecular formula is C29H36N4O4S3. The molecule has 2 atom stereocenters. The highest BCUT2D eigenvalue weighted by atomic mass is 32.1. The number of hydrogen-bond donors (Lipinski definition) is 2. The van der Waals surface area contributed by atoms with E-state index in [2.05, 4.69) is 21.9 Å². The Kier molecular flexibility index (Phi) is 10.3. The summed E-state index contributed by atoms with van der Waals surface area (Å²) in [6.45, 7) is 9.41. The number of pyridine rings is 1. The summed E-state index contributed by atoms with van der Waals surface area (Å²) in [5.74, 6) is 1.00. The van der Waals surface area contributed by atoms with Crippen molar-refractivity contribution in [3.8, 4) is 11.4 Å². The molecule has 40 heavy (non-hydrogen) atoms. The van der Waals surface area contributed by atoms with Crippen LogP contribution in [0.5, 0.6) is 5.75 Å². The highest BCUT2D eigenvalue weighted by Gasteiger charge is 2.25. The van der Waals surface area contributed by atoms with Crippen LogP contribution >= 0.6 is 38.3 Å². The van der Waals surface area contributed by atoms with Gasteiger partial charge in [-0.3, -0.25) is 9.36 Å². The van der Waals surface area contributed by atoms with Gasteiger partial charge in [0.05, 0.1) is 27.2 Å². The second-order valence-corrected chi connectivity index (χ2v) is 11.2. The van der Waals surface area contributed by atoms with Gasteiger partial charge in [-0.05, 0) is 81.9 Å². The van der Waals surface area contributed by atoms with Crippen LogP contribution < -0.4 is 20.3 Å². The summed E-state index contributed by atoms with van der Waals surface area (Å²) >= 11 is 1.35. The molecule has 0 unspecified atom stereocenters. The number of aromatic nitrogens is 3. The number of amides is 1. The molecule has 0 aliphatic heterocycles. The Morgan fingerprint density at radius 3 is 2.77 bits per heavy atom. The minimum atomic E-state index is -0.414. The molecule has 4 aromatic rings. The van der Waals surface area contributed by atoms with Crippen LogP contribution in [0.15, 0.2) is 47.9 Å². The third kappa shape index (κ3) is 6.31. The van der Waals surface area contributed by atoms with Crippen molar-refractivity contribution in [2.24, 2.45) is 5.92 Å². The summed E-state index contributed by atoms with van der Waals surface area (Å²) < 4.78 is 8.00. The number of nitrogens with one attached hydrogen (secondary N) is 1. The Bertz CT molecular complexity index is 1650. The monoisotopic (exact) mass is 600 g/mol. The number of aliphatic hydroxyl groups excluding tert-OH is 1. The molecule has 1 aromatic carbocycles. The number of carbonyl (C=O) groups is 1. The van der Waals surface area contributed by atoms with Crippen molar-refractivity contribution >= 4 is 71.2 Å². The molecule has 11 heteroatoms. The Labute approximate surface area is 251 Å². The standard InChI is InChI=1S/C29H32N4O4S.2H2S/c1-5-24(35)31-19-8-6-7-18(14-19)15-23(34)27-26-25-22(11-12-30-28(25)38-27)33(29(36)32-26)21-10-9-20(13-17(21)4)37-16(2)3;;/h5,9-13,16,18-19,34H,1,6-8,14-15H2,2-4H3,(H,31,35);2*1H2/t18-,19+;;/m1../s1. The lowest BCUT2D eigenvalue weighted by atomic mass is 9.83. The number of aliphatic hydroxyl groups is 1. The molecule has 0 radical (unpaired) electrons. The van der Waals surface area contributed by atoms with Crippen molar-refractivity contribution in [1.29, 1.82) is 0 Å². The summed E-state index contributed by atoms with van der Waals surface area (Å²) in [5.41, 5.74) is 2.38. The zero-order valence-corrected chi connectivity index (χ0v) is 25.7. The van der Waals surface area contributed by atoms with Gasteiger partial charge in [0.1, 0.15) is 21.9 Å². The molecule has 0 bridgehead atoms. The van der Waals surface area contributed by atoms with Crippen molar-refractivity contribution in [3.05, 3.63) is 63.7 Å². The molecule has 3 aromatic heterocycles. The lowest BCUT2D eigenvalue weighted by molar-refractivity contribution is -0.117. The van der Waals surface area contributed by atoms with E-state index in [0.29, 0.717) is 22.0 Å². The van der Waals surface area contributed by atoms with Gasteiger partial charge in [0, 0.05) is 18.7 Å². The molecule has 5 rings (SSSR count). The van der Waals surface area contributed by atoms with Gasteiger partial charge >= 0.3 is 5.69 Å². The fourth-order valence-electron chi connectivity index (χ4n) is 5.42. The molecule has 1 aliphatic rings. The maximum absolute atomic E-state index is 13.4. The van der Waals surface area contributed by atoms with Crippen molar-refractivity contribution in [3.63, 3.8) is 0 Å². The van der Waals surface area contributed by atoms with E-state index in [4.69, 9.17) is 4.74 Å². The molecule has 3 heterocycles. The summed E-state index contributed by atoms with van der Waals surface area (Å²) in [6.07, 6.45) is 7.12. The van der Waals surface area contributed by atoms with Gasteiger partial charge in [0.2, 0.25) is 5.91 Å². The number of rotatable bonds is 7. The third-order valence-electron chi connectivity index (χ3n) is 7.02. The largest absolute Gasteiger partial charge is 0.511 e. The molecule has 1 fully saturated rings. The number of thiophene rings is 1. The van der Waals surface area contributed by atoms with E-state index in [1.807, 2.05) is 45.0 Å². The second kappa shape index (κ2) is 13.1. The van der Waals surface area contributed by atoms with E-state index in [1.54, 1.807) is 10.8 Å². The molecule has 2 N–H and O–H groups in total. The first-order chi connectivity index (χ1) is 18.2. The first-order valence-electron chi connectivity index (χ1n) is 13.0. The minimum Gasteiger partial charge on any atom is -0.511 e. The summed E-state index contributed by atoms with van der Waals surface area (Å²) in [6, 6.07) is 7.54. The quantitative estimate of drug-likeness (QED) is 0.291. The van der Waals surface area contributed by atoms with Gasteiger partial charge in [0.25, 0.3) is 0 Å². The Morgan fingerprint density at radius 2 is 2.08 bits per heavy atom. The van der Waals surface area contributed by atoms with Crippen molar-refractivity contribution in [2.45, 2.75) is 65.0 Å². The van der Waals surface area contributed by atoms with Crippen LogP contribution in [0.25, 0.3) is 32.7 Å². The molecule has 8 nitrogen and oxygen atoms in total. The topological polar surface area (TPSA) is 106 Å². The van der Waals surface area contributed by atoms with Crippen LogP contribution in [0, 0.1) is 12.8 Å². The lowest BCUT2D eigenvalue weighted by Crippen LogP contribution is -2.37. The zero-order chi connectivity index (χ0) is 27.0. The fourth-order valence-corrected chi connectivity index (χ4v) is 6.48. The SMILES string of the molecule is C=CC(=O)N[C@H]1CCC[C@@H](CC(O)=c2sc3nccc4c3c2nc(=O)n4-c2ccc(OC(C)C)cc2C)C1.S.S. The average molecular weight is 601 g/mol. The predicted molar refractivity (Wildman–Crippen MR) is 172 cm³/mol. The van der Waals surface area contributed by atoms with Gasteiger partial charge in [-0.2, -0.15) is 32.0 Å². The molecule has 1 saturated carbocycles. The van der Waals surface area contributed by atoms with Crippen molar-refractivity contribution in [1.82, 2.24) is 19.9 Å². The summed E-state index contributed by atoms with van der Waals surface area (Å²) in [5, 5.41) is 15.0. The number of aryl methyl sites for hydroxylation is 1. The smallest absolute Gasteiger partial charge is 0.353 e. The van der Waals surface area contributed by atoms with Crippen LogP contribution in [-0.2, 0) is 4.79 Å². The van der Waals surface area contributed by atoms with E-state index in [-0.39, 0.29) is 56.7 Å². The fraction of sp³-hybridized carbons (Fsp3) is 0.379. The minimum absolute atomic E-state index is 0. The first-order valence-corrected chi connectivity index (χ1v) is 13.8. The zero-order valence-electron chi connectivity index (χ0n) is 22.9. The summed E-state index contributed by atoms with van der Waals surface area (Å²) in [4.78, 5) is 34.9. The third-order valence-corrected chi connectivity index (χ3v) is 8.16. The number of nitrogens with zero attached hydrogens (tertiary/aromatic N) is 3. The van der Waals surface area contributed by atoms with Gasteiger partial charge in [-0.25, -0.2) is 9.78 Å². The van der Waals surface area contributed by atoms with Crippen LogP contribution in [-0.4, -0.2) is 37.7 Å². The maximum atomic E-state index is 13.4. The van der Waals surface area contributed by atoms with E-state index >= 15 is 0 Å². The highest BCUT2D eigenvalue weighted by molar-refractivity contribution is 7.59. The van der Waals surface area contributed by atoms with Crippen molar-refractivity contribution < 1.29 is 14.6 Å². The molecule has 0 spiro atoms. The van der Waals surface area contributed by atoms with E-state index in [9.17, 15) is 14.7 Å². The number of hydrogen-bond acceptors (Lipinski definition) is 7. The number of carbonyl (C=O) groups excluding carboxylic acids is 1. The Balaban J connectivity index is 0.00000220. The van der Waals surface area contributed by atoms with Crippen LogP contribution in [0.4, 0.5) is 0 Å². The molecule has 1 aliphatic carbocycles. The van der Waals surface area contributed by atoms with Crippen LogP contribution in [0.2, 0.25) is 0 Å². The molecular weight excluding hydrogens is 565 g/mol. The molecule has 0 saturated heterocycles. The van der Waals surface area contributed by atoms with Gasteiger partial charge in [-0.15, -0.1) is 11.3 Å². The summed E-state index contributed by atoms with van der Waals surface area (Å²) in [7, 11) is 0. The number of benzene rings is 1. The Morgan fingerprint density at radius 1 is 1.30 bits per heavy atom. The van der Waals surface area contributed by atoms with Gasteiger partial charge < -0.3 is 15.2 Å². The maximum Gasteiger partial charge on any atom is 0.353 e. The van der Waals surface area contributed by atoms with E-state index in [0.717, 1.165) is 52.9 Å². The highest BCUT2D eigenvalue weighted by Crippen LogP contribution is 2.32. The van der Waals surface area contributed by atoms with Crippen LogP contribution in [0.1, 0.15) is 51.5 Å². The van der Waals surface area contributed by atoms with Crippen LogP contribution in [0.3, 0.4) is 0 Å². The predicted octanol–water partition coefficient (Wildman–Crippen LogP) is 4.95. The van der Waals surface area contributed by atoms with Crippen molar-refractivity contribution in [2.75, 3.05) is 0 Å². The molecule has 1 amide bonds. The second-order valence-electron chi connectivity index (χ2n) is 10.2. The first kappa shape index (κ1) is 31.5.